The third kappa shape index (κ3) is 3.78. The Labute approximate surface area is 182 Å². The van der Waals surface area contributed by atoms with E-state index in [-0.39, 0.29) is 29.7 Å². The number of anilines is 1. The molecule has 2 aromatic carbocycles. The molecule has 1 aliphatic heterocycles. The number of thiophene rings is 1. The second-order valence-corrected chi connectivity index (χ2v) is 8.22. The molecule has 1 atom stereocenters. The number of halogens is 1. The summed E-state index contributed by atoms with van der Waals surface area (Å²) in [4.78, 5) is 25.5. The van der Waals surface area contributed by atoms with Gasteiger partial charge in [0.15, 0.2) is 0 Å². The van der Waals surface area contributed by atoms with Crippen molar-refractivity contribution >= 4 is 40.5 Å². The molecule has 4 rings (SSSR count). The number of terminal acetylenes is 1. The van der Waals surface area contributed by atoms with Gasteiger partial charge < -0.3 is 15.2 Å². The Morgan fingerprint density at radius 1 is 1.30 bits per heavy atom. The van der Waals surface area contributed by atoms with Crippen LogP contribution in [0.15, 0.2) is 48.5 Å². The Bertz CT molecular complexity index is 1180. The van der Waals surface area contributed by atoms with Gasteiger partial charge in [-0.15, -0.1) is 17.8 Å². The molecule has 5 nitrogen and oxygen atoms in total. The summed E-state index contributed by atoms with van der Waals surface area (Å²) in [5.74, 6) is 1.53. The van der Waals surface area contributed by atoms with Gasteiger partial charge in [0.05, 0.1) is 5.69 Å². The van der Waals surface area contributed by atoms with Crippen molar-refractivity contribution in [3.05, 3.63) is 68.9 Å². The number of carbonyl (C=O) groups is 2. The molecular formula is C23H16ClNO4S. The minimum Gasteiger partial charge on any atom is -0.481 e. The second kappa shape index (κ2) is 8.23. The molecule has 0 saturated heterocycles. The summed E-state index contributed by atoms with van der Waals surface area (Å²) in [6, 6.07) is 14.3. The lowest BCUT2D eigenvalue weighted by Gasteiger charge is -2.24. The van der Waals surface area contributed by atoms with Crippen LogP contribution in [0, 0.1) is 12.3 Å². The number of ether oxygens (including phenoxy) is 1. The van der Waals surface area contributed by atoms with E-state index in [2.05, 4.69) is 11.2 Å². The van der Waals surface area contributed by atoms with E-state index in [9.17, 15) is 14.7 Å². The average molecular weight is 438 g/mol. The van der Waals surface area contributed by atoms with Crippen LogP contribution in [-0.4, -0.2) is 23.6 Å². The van der Waals surface area contributed by atoms with Crippen LogP contribution < -0.4 is 10.1 Å². The van der Waals surface area contributed by atoms with Gasteiger partial charge >= 0.3 is 5.97 Å². The summed E-state index contributed by atoms with van der Waals surface area (Å²) >= 11 is 7.17. The smallest absolute Gasteiger partial charge is 0.346 e. The number of carboxylic acids is 1. The summed E-state index contributed by atoms with van der Waals surface area (Å²) in [5.41, 5.74) is 2.58. The highest BCUT2D eigenvalue weighted by molar-refractivity contribution is 7.15. The topological polar surface area (TPSA) is 75.6 Å². The van der Waals surface area contributed by atoms with Crippen molar-refractivity contribution in [1.29, 1.82) is 0 Å². The summed E-state index contributed by atoms with van der Waals surface area (Å²) < 4.78 is 5.51. The van der Waals surface area contributed by atoms with E-state index in [0.29, 0.717) is 27.6 Å². The highest BCUT2D eigenvalue weighted by Crippen LogP contribution is 2.49. The molecule has 2 heterocycles. The number of rotatable bonds is 5. The van der Waals surface area contributed by atoms with Crippen molar-refractivity contribution in [2.24, 2.45) is 0 Å². The Morgan fingerprint density at radius 3 is 2.77 bits per heavy atom. The molecule has 2 N–H and O–H groups in total. The van der Waals surface area contributed by atoms with Gasteiger partial charge in [0.1, 0.15) is 17.2 Å². The van der Waals surface area contributed by atoms with Gasteiger partial charge in [-0.2, -0.15) is 0 Å². The SMILES string of the molecule is C#CCOc1cccc([C@@H]2CC(=O)Nc3c2sc(C(=O)O)c3-c2ccc(Cl)cc2)c1. The molecule has 1 amide bonds. The van der Waals surface area contributed by atoms with Crippen molar-refractivity contribution < 1.29 is 19.4 Å². The number of fused-ring (bicyclic) bond motifs is 1. The van der Waals surface area contributed by atoms with Crippen LogP contribution in [0.5, 0.6) is 5.75 Å². The van der Waals surface area contributed by atoms with Crippen LogP contribution in [0.25, 0.3) is 11.1 Å². The lowest BCUT2D eigenvalue weighted by molar-refractivity contribution is -0.116. The minimum absolute atomic E-state index is 0.142. The zero-order valence-corrected chi connectivity index (χ0v) is 17.2. The first-order valence-corrected chi connectivity index (χ1v) is 10.3. The Balaban J connectivity index is 1.85. The van der Waals surface area contributed by atoms with Crippen LogP contribution >= 0.6 is 22.9 Å². The maximum absolute atomic E-state index is 12.6. The van der Waals surface area contributed by atoms with Gasteiger partial charge in [-0.3, -0.25) is 4.79 Å². The standard InChI is InChI=1S/C23H16ClNO4S/c1-2-10-29-16-5-3-4-14(11-16)17-12-18(26)25-20-19(13-6-8-15(24)9-7-13)22(23(27)28)30-21(17)20/h1,3-9,11,17H,10,12H2,(H,25,26)(H,27,28)/t17-/m0/s1. The first kappa shape index (κ1) is 20.0. The highest BCUT2D eigenvalue weighted by Gasteiger charge is 2.34. The normalized spacial score (nSPS) is 15.1. The molecule has 0 unspecified atom stereocenters. The van der Waals surface area contributed by atoms with Gasteiger partial charge in [-0.05, 0) is 35.4 Å². The third-order valence-corrected chi connectivity index (χ3v) is 6.36. The number of carbonyl (C=O) groups excluding carboxylic acids is 1. The van der Waals surface area contributed by atoms with Gasteiger partial charge in [-0.25, -0.2) is 4.79 Å². The summed E-state index contributed by atoms with van der Waals surface area (Å²) in [6.07, 6.45) is 5.47. The summed E-state index contributed by atoms with van der Waals surface area (Å²) in [5, 5.41) is 13.3. The van der Waals surface area contributed by atoms with Gasteiger partial charge in [-0.1, -0.05) is 41.8 Å². The summed E-state index contributed by atoms with van der Waals surface area (Å²) in [7, 11) is 0. The van der Waals surface area contributed by atoms with E-state index >= 15 is 0 Å². The predicted molar refractivity (Wildman–Crippen MR) is 118 cm³/mol. The van der Waals surface area contributed by atoms with E-state index in [0.717, 1.165) is 10.4 Å². The van der Waals surface area contributed by atoms with Crippen LogP contribution in [0.4, 0.5) is 5.69 Å². The molecule has 0 bridgehead atoms. The van der Waals surface area contributed by atoms with Crippen molar-refractivity contribution in [1.82, 2.24) is 0 Å². The number of hydrogen-bond acceptors (Lipinski definition) is 4. The first-order chi connectivity index (χ1) is 14.5. The lowest BCUT2D eigenvalue weighted by Crippen LogP contribution is -2.22. The van der Waals surface area contributed by atoms with E-state index in [1.165, 1.54) is 11.3 Å². The number of amides is 1. The van der Waals surface area contributed by atoms with E-state index < -0.39 is 5.97 Å². The first-order valence-electron chi connectivity index (χ1n) is 9.10. The number of hydrogen-bond donors (Lipinski definition) is 2. The molecule has 0 radical (unpaired) electrons. The molecule has 1 aliphatic rings. The molecule has 3 aromatic rings. The second-order valence-electron chi connectivity index (χ2n) is 6.73. The Hall–Kier alpha value is -3.27. The van der Waals surface area contributed by atoms with E-state index in [1.54, 1.807) is 30.3 Å². The van der Waals surface area contributed by atoms with Gasteiger partial charge in [0, 0.05) is 27.8 Å². The molecule has 30 heavy (non-hydrogen) atoms. The highest BCUT2D eigenvalue weighted by atomic mass is 35.5. The Morgan fingerprint density at radius 2 is 2.07 bits per heavy atom. The van der Waals surface area contributed by atoms with Gasteiger partial charge in [0.2, 0.25) is 5.91 Å². The number of benzene rings is 2. The third-order valence-electron chi connectivity index (χ3n) is 4.82. The van der Waals surface area contributed by atoms with Crippen molar-refractivity contribution in [3.63, 3.8) is 0 Å². The fourth-order valence-corrected chi connectivity index (χ4v) is 4.92. The minimum atomic E-state index is -1.04. The molecule has 0 saturated carbocycles. The van der Waals surface area contributed by atoms with Gasteiger partial charge in [0.25, 0.3) is 0 Å². The molecular weight excluding hydrogens is 422 g/mol. The fourth-order valence-electron chi connectivity index (χ4n) is 3.54. The van der Waals surface area contributed by atoms with E-state index in [4.69, 9.17) is 22.8 Å². The zero-order chi connectivity index (χ0) is 21.3. The quantitative estimate of drug-likeness (QED) is 0.534. The summed E-state index contributed by atoms with van der Waals surface area (Å²) in [6.45, 7) is 0.142. The van der Waals surface area contributed by atoms with Crippen molar-refractivity contribution in [2.75, 3.05) is 11.9 Å². The molecule has 7 heteroatoms. The maximum Gasteiger partial charge on any atom is 0.346 e. The molecule has 150 valence electrons. The molecule has 1 aromatic heterocycles. The largest absolute Gasteiger partial charge is 0.481 e. The van der Waals surface area contributed by atoms with Crippen LogP contribution in [0.3, 0.4) is 0 Å². The van der Waals surface area contributed by atoms with Crippen molar-refractivity contribution in [2.45, 2.75) is 12.3 Å². The van der Waals surface area contributed by atoms with Crippen LogP contribution in [-0.2, 0) is 4.79 Å². The lowest BCUT2D eigenvalue weighted by atomic mass is 9.88. The molecule has 0 aliphatic carbocycles. The maximum atomic E-state index is 12.6. The molecule has 0 fully saturated rings. The predicted octanol–water partition coefficient (Wildman–Crippen LogP) is 5.25. The number of nitrogens with one attached hydrogen (secondary N) is 1. The monoisotopic (exact) mass is 437 g/mol. The fraction of sp³-hybridized carbons (Fsp3) is 0.130. The Kier molecular flexibility index (Phi) is 5.49. The number of carboxylic acid groups (broad SMARTS) is 1. The van der Waals surface area contributed by atoms with Crippen LogP contribution in [0.2, 0.25) is 5.02 Å². The number of aromatic carboxylic acids is 1. The van der Waals surface area contributed by atoms with E-state index in [1.807, 2.05) is 18.2 Å². The van der Waals surface area contributed by atoms with Crippen LogP contribution in [0.1, 0.15) is 32.5 Å². The van der Waals surface area contributed by atoms with Crippen molar-refractivity contribution in [3.8, 4) is 29.2 Å². The zero-order valence-electron chi connectivity index (χ0n) is 15.6. The molecule has 0 spiro atoms. The average Bonchev–Trinajstić information content (AvgIpc) is 3.12.